The average Bonchev–Trinajstić information content (AvgIpc) is 3.60. The minimum absolute atomic E-state index is 0.0109. The lowest BCUT2D eigenvalue weighted by atomic mass is 9.61. The number of hydrogen-bond acceptors (Lipinski definition) is 6. The fourth-order valence-electron chi connectivity index (χ4n) is 6.28. The molecule has 1 atom stereocenters. The highest BCUT2D eigenvalue weighted by molar-refractivity contribution is 6.08. The van der Waals surface area contributed by atoms with Gasteiger partial charge in [0.1, 0.15) is 0 Å². The maximum absolute atomic E-state index is 14.3. The number of amides is 1. The molecule has 3 aliphatic carbocycles. The number of aromatic nitrogens is 2. The lowest BCUT2D eigenvalue weighted by molar-refractivity contribution is -0.138. The lowest BCUT2D eigenvalue weighted by Crippen LogP contribution is -2.52. The average molecular weight is 432 g/mol. The van der Waals surface area contributed by atoms with Crippen molar-refractivity contribution in [2.24, 2.45) is 16.1 Å². The number of ether oxygens (including phenoxy) is 1. The molecule has 166 valence electrons. The third-order valence-electron chi connectivity index (χ3n) is 8.15. The quantitative estimate of drug-likeness (QED) is 0.803. The standard InChI is InChI=1S/C25H29N5O2/c1-32-20-8-10-24(11-9-20)14-18-7-6-17(16-4-5-16)13-21(18)25(24)22(31)30(23(26)28-25)15-19-3-2-12-27-29-19/h2-3,6-7,12-13,16,20H,4-5,8-11,14-15H2,1H3,(H2,26,28). The monoisotopic (exact) mass is 431 g/mol. The molecule has 1 aliphatic heterocycles. The molecule has 1 aromatic carbocycles. The Morgan fingerprint density at radius 2 is 2.00 bits per heavy atom. The topological polar surface area (TPSA) is 93.7 Å². The lowest BCUT2D eigenvalue weighted by Gasteiger charge is -2.45. The van der Waals surface area contributed by atoms with Crippen molar-refractivity contribution in [1.82, 2.24) is 15.1 Å². The van der Waals surface area contributed by atoms with E-state index in [0.29, 0.717) is 17.6 Å². The van der Waals surface area contributed by atoms with Crippen LogP contribution in [0, 0.1) is 5.41 Å². The zero-order valence-electron chi connectivity index (χ0n) is 18.5. The molecule has 0 bridgehead atoms. The van der Waals surface area contributed by atoms with Crippen LogP contribution >= 0.6 is 0 Å². The molecular weight excluding hydrogens is 402 g/mol. The maximum Gasteiger partial charge on any atom is 0.262 e. The summed E-state index contributed by atoms with van der Waals surface area (Å²) in [7, 11) is 1.78. The van der Waals surface area contributed by atoms with Gasteiger partial charge >= 0.3 is 0 Å². The number of hydrogen-bond donors (Lipinski definition) is 1. The van der Waals surface area contributed by atoms with Crippen molar-refractivity contribution in [3.8, 4) is 0 Å². The van der Waals surface area contributed by atoms with E-state index in [-0.39, 0.29) is 24.0 Å². The molecule has 32 heavy (non-hydrogen) atoms. The Balaban J connectivity index is 1.45. The molecule has 0 radical (unpaired) electrons. The smallest absolute Gasteiger partial charge is 0.262 e. The van der Waals surface area contributed by atoms with Crippen molar-refractivity contribution in [2.45, 2.75) is 69.1 Å². The second-order valence-corrected chi connectivity index (χ2v) is 9.87. The summed E-state index contributed by atoms with van der Waals surface area (Å²) in [6.07, 6.45) is 8.88. The van der Waals surface area contributed by atoms with Crippen molar-refractivity contribution in [1.29, 1.82) is 0 Å². The van der Waals surface area contributed by atoms with Crippen LogP contribution in [0.15, 0.2) is 41.5 Å². The first-order valence-corrected chi connectivity index (χ1v) is 11.7. The second kappa shape index (κ2) is 7.10. The van der Waals surface area contributed by atoms with Gasteiger partial charge in [0.25, 0.3) is 5.91 Å². The summed E-state index contributed by atoms with van der Waals surface area (Å²) in [5.74, 6) is 0.897. The number of aliphatic imine (C=N–C) groups is 1. The first-order valence-electron chi connectivity index (χ1n) is 11.7. The molecule has 4 aliphatic rings. The van der Waals surface area contributed by atoms with Crippen LogP contribution in [0.1, 0.15) is 66.8 Å². The van der Waals surface area contributed by atoms with Crippen molar-refractivity contribution in [3.63, 3.8) is 0 Å². The number of rotatable bonds is 4. The van der Waals surface area contributed by atoms with Crippen molar-refractivity contribution >= 4 is 11.9 Å². The van der Waals surface area contributed by atoms with Gasteiger partial charge in [-0.2, -0.15) is 10.2 Å². The predicted octanol–water partition coefficient (Wildman–Crippen LogP) is 3.04. The summed E-state index contributed by atoms with van der Waals surface area (Å²) in [4.78, 5) is 20.9. The molecule has 2 heterocycles. The molecule has 2 N–H and O–H groups in total. The molecule has 1 unspecified atom stereocenters. The molecule has 7 nitrogen and oxygen atoms in total. The van der Waals surface area contributed by atoms with Crippen molar-refractivity contribution < 1.29 is 9.53 Å². The molecule has 7 heteroatoms. The minimum atomic E-state index is -0.946. The highest BCUT2D eigenvalue weighted by Crippen LogP contribution is 2.62. The summed E-state index contributed by atoms with van der Waals surface area (Å²) >= 11 is 0. The molecule has 1 amide bonds. The van der Waals surface area contributed by atoms with Crippen LogP contribution in [0.5, 0.6) is 0 Å². The van der Waals surface area contributed by atoms with E-state index in [1.807, 2.05) is 12.1 Å². The fourth-order valence-corrected chi connectivity index (χ4v) is 6.28. The maximum atomic E-state index is 14.3. The molecule has 2 aromatic rings. The third kappa shape index (κ3) is 2.76. The zero-order valence-corrected chi connectivity index (χ0v) is 18.5. The highest BCUT2D eigenvalue weighted by atomic mass is 16.5. The summed E-state index contributed by atoms with van der Waals surface area (Å²) in [5, 5.41) is 8.13. The van der Waals surface area contributed by atoms with E-state index in [9.17, 15) is 4.79 Å². The first-order chi connectivity index (χ1) is 15.6. The normalized spacial score (nSPS) is 31.4. The Hall–Kier alpha value is -2.80. The van der Waals surface area contributed by atoms with Crippen LogP contribution in [-0.4, -0.2) is 40.2 Å². The number of carbonyl (C=O) groups is 1. The number of benzene rings is 1. The van der Waals surface area contributed by atoms with E-state index in [0.717, 1.165) is 37.7 Å². The van der Waals surface area contributed by atoms with Crippen LogP contribution in [0.2, 0.25) is 0 Å². The Morgan fingerprint density at radius 1 is 1.19 bits per heavy atom. The van der Waals surface area contributed by atoms with E-state index in [1.54, 1.807) is 18.2 Å². The Labute approximate surface area is 188 Å². The summed E-state index contributed by atoms with van der Waals surface area (Å²) in [5.41, 5.74) is 9.62. The second-order valence-electron chi connectivity index (χ2n) is 9.87. The van der Waals surface area contributed by atoms with Gasteiger partial charge in [-0.25, -0.2) is 4.99 Å². The van der Waals surface area contributed by atoms with Crippen molar-refractivity contribution in [2.75, 3.05) is 7.11 Å². The van der Waals surface area contributed by atoms with Crippen LogP contribution in [-0.2, 0) is 28.0 Å². The van der Waals surface area contributed by atoms with Gasteiger partial charge in [0.15, 0.2) is 11.5 Å². The van der Waals surface area contributed by atoms with Gasteiger partial charge in [0.2, 0.25) is 0 Å². The molecular formula is C25H29N5O2. The predicted molar refractivity (Wildman–Crippen MR) is 120 cm³/mol. The van der Waals surface area contributed by atoms with Gasteiger partial charge < -0.3 is 10.5 Å². The number of nitrogens with zero attached hydrogens (tertiary/aromatic N) is 4. The SMILES string of the molecule is COC1CCC2(CC1)Cc1ccc(C3CC3)cc1C21N=C(N)N(Cc2cccnn2)C1=O. The Bertz CT molecular complexity index is 1090. The number of nitrogens with two attached hydrogens (primary N) is 1. The largest absolute Gasteiger partial charge is 0.381 e. The van der Waals surface area contributed by atoms with Crippen molar-refractivity contribution in [3.05, 3.63) is 58.9 Å². The molecule has 6 rings (SSSR count). The highest BCUT2D eigenvalue weighted by Gasteiger charge is 2.66. The van der Waals surface area contributed by atoms with E-state index in [2.05, 4.69) is 28.4 Å². The Kier molecular flexibility index (Phi) is 4.41. The van der Waals surface area contributed by atoms with E-state index in [4.69, 9.17) is 15.5 Å². The first kappa shape index (κ1) is 19.9. The molecule has 2 spiro atoms. The van der Waals surface area contributed by atoms with Crippen LogP contribution < -0.4 is 5.73 Å². The van der Waals surface area contributed by atoms with Gasteiger partial charge in [-0.05, 0) is 79.7 Å². The van der Waals surface area contributed by atoms with Gasteiger partial charge in [-0.3, -0.25) is 9.69 Å². The summed E-state index contributed by atoms with van der Waals surface area (Å²) in [6.45, 7) is 0.290. The van der Waals surface area contributed by atoms with E-state index >= 15 is 0 Å². The van der Waals surface area contributed by atoms with Gasteiger partial charge in [0, 0.05) is 18.7 Å². The third-order valence-corrected chi connectivity index (χ3v) is 8.15. The van der Waals surface area contributed by atoms with E-state index < -0.39 is 5.54 Å². The fraction of sp³-hybridized carbons (Fsp3) is 0.520. The zero-order chi connectivity index (χ0) is 21.9. The summed E-state index contributed by atoms with van der Waals surface area (Å²) < 4.78 is 5.66. The van der Waals surface area contributed by atoms with E-state index in [1.165, 1.54) is 24.0 Å². The van der Waals surface area contributed by atoms with Crippen LogP contribution in [0.4, 0.5) is 0 Å². The summed E-state index contributed by atoms with van der Waals surface area (Å²) in [6, 6.07) is 10.5. The molecule has 0 saturated heterocycles. The number of carbonyl (C=O) groups excluding carboxylic acids is 1. The molecule has 2 fully saturated rings. The Morgan fingerprint density at radius 3 is 2.69 bits per heavy atom. The van der Waals surface area contributed by atoms with Gasteiger partial charge in [0.05, 0.1) is 18.3 Å². The van der Waals surface area contributed by atoms with Crippen LogP contribution in [0.25, 0.3) is 0 Å². The minimum Gasteiger partial charge on any atom is -0.381 e. The number of methoxy groups -OCH3 is 1. The van der Waals surface area contributed by atoms with Gasteiger partial charge in [-0.1, -0.05) is 18.2 Å². The molecule has 1 aromatic heterocycles. The number of fused-ring (bicyclic) bond motifs is 3. The molecule has 2 saturated carbocycles. The van der Waals surface area contributed by atoms with Crippen LogP contribution in [0.3, 0.4) is 0 Å². The van der Waals surface area contributed by atoms with Gasteiger partial charge in [-0.15, -0.1) is 0 Å². The number of guanidine groups is 1.